The van der Waals surface area contributed by atoms with Crippen LogP contribution in [0.3, 0.4) is 0 Å². The van der Waals surface area contributed by atoms with E-state index in [-0.39, 0.29) is 6.10 Å². The molecule has 0 N–H and O–H groups in total. The van der Waals surface area contributed by atoms with Crippen LogP contribution in [0.15, 0.2) is 41.3 Å². The lowest BCUT2D eigenvalue weighted by Crippen LogP contribution is -2.04. The molecule has 0 amide bonds. The fourth-order valence-corrected chi connectivity index (χ4v) is 1.49. The summed E-state index contributed by atoms with van der Waals surface area (Å²) in [6, 6.07) is 7.74. The van der Waals surface area contributed by atoms with E-state index in [0.29, 0.717) is 12.4 Å². The van der Waals surface area contributed by atoms with Crippen molar-refractivity contribution < 1.29 is 13.9 Å². The highest BCUT2D eigenvalue weighted by molar-refractivity contribution is 5.64. The van der Waals surface area contributed by atoms with E-state index < -0.39 is 0 Å². The fraction of sp³-hybridized carbons (Fsp3) is 0.250. The largest absolute Gasteiger partial charge is 0.490 e. The number of aromatic nitrogens is 1. The van der Waals surface area contributed by atoms with E-state index >= 15 is 0 Å². The Hall–Kier alpha value is -1.81. The molecule has 0 aliphatic carbocycles. The summed E-state index contributed by atoms with van der Waals surface area (Å²) in [5, 5.41) is 0. The summed E-state index contributed by atoms with van der Waals surface area (Å²) < 4.78 is 16.0. The summed E-state index contributed by atoms with van der Waals surface area (Å²) in [6.07, 6.45) is 3.34. The van der Waals surface area contributed by atoms with Gasteiger partial charge in [-0.25, -0.2) is 4.98 Å². The smallest absolute Gasteiger partial charge is 0.181 e. The van der Waals surface area contributed by atoms with E-state index in [4.69, 9.17) is 13.9 Å². The van der Waals surface area contributed by atoms with Crippen molar-refractivity contribution >= 4 is 0 Å². The van der Waals surface area contributed by atoms with Gasteiger partial charge in [-0.3, -0.25) is 0 Å². The van der Waals surface area contributed by atoms with Crippen LogP contribution in [-0.2, 0) is 4.74 Å². The van der Waals surface area contributed by atoms with Crippen molar-refractivity contribution in [3.8, 4) is 17.1 Å². The molecule has 1 aromatic carbocycles. The number of para-hydroxylation sites is 1. The molecule has 1 aromatic heterocycles. The van der Waals surface area contributed by atoms with Crippen molar-refractivity contribution in [2.24, 2.45) is 0 Å². The van der Waals surface area contributed by atoms with Gasteiger partial charge in [0.1, 0.15) is 18.5 Å². The van der Waals surface area contributed by atoms with Crippen LogP contribution in [0.5, 0.6) is 5.75 Å². The normalized spacial score (nSPS) is 18.4. The van der Waals surface area contributed by atoms with Gasteiger partial charge in [0.05, 0.1) is 18.4 Å². The van der Waals surface area contributed by atoms with E-state index in [1.807, 2.05) is 24.3 Å². The Bertz CT molecular complexity index is 463. The average Bonchev–Trinajstić information content (AvgIpc) is 3.00. The molecule has 0 spiro atoms. The number of hydrogen-bond donors (Lipinski definition) is 0. The number of ether oxygens (including phenoxy) is 2. The lowest BCUT2D eigenvalue weighted by molar-refractivity contribution is 0.263. The molecule has 0 saturated carbocycles. The summed E-state index contributed by atoms with van der Waals surface area (Å²) >= 11 is 0. The minimum Gasteiger partial charge on any atom is -0.490 e. The van der Waals surface area contributed by atoms with Crippen LogP contribution in [0.2, 0.25) is 0 Å². The molecule has 3 rings (SSSR count). The van der Waals surface area contributed by atoms with E-state index in [2.05, 4.69) is 4.98 Å². The van der Waals surface area contributed by atoms with Crippen molar-refractivity contribution in [3.63, 3.8) is 0 Å². The van der Waals surface area contributed by atoms with Crippen molar-refractivity contribution in [2.45, 2.75) is 6.10 Å². The third-order valence-electron chi connectivity index (χ3n) is 2.41. The van der Waals surface area contributed by atoms with Crippen LogP contribution in [0.25, 0.3) is 11.3 Å². The molecule has 82 valence electrons. The predicted molar refractivity (Wildman–Crippen MR) is 57.2 cm³/mol. The second kappa shape index (κ2) is 3.98. The van der Waals surface area contributed by atoms with Crippen LogP contribution in [0, 0.1) is 0 Å². The Morgan fingerprint density at radius 1 is 1.38 bits per heavy atom. The number of benzene rings is 1. The molecule has 0 bridgehead atoms. The lowest BCUT2D eigenvalue weighted by atomic mass is 10.1. The lowest BCUT2D eigenvalue weighted by Gasteiger charge is -2.07. The molecule has 2 aromatic rings. The van der Waals surface area contributed by atoms with Crippen molar-refractivity contribution in [1.29, 1.82) is 0 Å². The Labute approximate surface area is 92.8 Å². The first-order valence-corrected chi connectivity index (χ1v) is 5.16. The van der Waals surface area contributed by atoms with Gasteiger partial charge in [0, 0.05) is 0 Å². The highest BCUT2D eigenvalue weighted by atomic mass is 16.6. The zero-order chi connectivity index (χ0) is 10.8. The highest BCUT2D eigenvalue weighted by Crippen LogP contribution is 2.29. The van der Waals surface area contributed by atoms with Crippen LogP contribution < -0.4 is 4.74 Å². The molecule has 4 nitrogen and oxygen atoms in total. The van der Waals surface area contributed by atoms with Gasteiger partial charge in [-0.05, 0) is 12.1 Å². The van der Waals surface area contributed by atoms with E-state index in [1.54, 1.807) is 6.20 Å². The minimum atomic E-state index is 0.253. The molecule has 1 saturated heterocycles. The number of rotatable bonds is 4. The SMILES string of the molecule is c1ccc(-c2cnco2)c(OC[C@@H]2CO2)c1. The molecular weight excluding hydrogens is 206 g/mol. The Morgan fingerprint density at radius 2 is 2.25 bits per heavy atom. The highest BCUT2D eigenvalue weighted by Gasteiger charge is 2.23. The topological polar surface area (TPSA) is 47.8 Å². The number of epoxide rings is 1. The number of oxazole rings is 1. The maximum Gasteiger partial charge on any atom is 0.181 e. The van der Waals surface area contributed by atoms with Gasteiger partial charge in [-0.15, -0.1) is 0 Å². The van der Waals surface area contributed by atoms with Crippen LogP contribution >= 0.6 is 0 Å². The molecule has 1 aliphatic heterocycles. The summed E-state index contributed by atoms with van der Waals surface area (Å²) in [5.41, 5.74) is 0.917. The molecule has 2 heterocycles. The molecule has 1 atom stereocenters. The Morgan fingerprint density at radius 3 is 3.00 bits per heavy atom. The van der Waals surface area contributed by atoms with E-state index in [1.165, 1.54) is 6.39 Å². The van der Waals surface area contributed by atoms with Crippen molar-refractivity contribution in [2.75, 3.05) is 13.2 Å². The summed E-state index contributed by atoms with van der Waals surface area (Å²) in [5.74, 6) is 1.52. The Kier molecular flexibility index (Phi) is 2.34. The maximum absolute atomic E-state index is 5.67. The van der Waals surface area contributed by atoms with Crippen LogP contribution in [0.4, 0.5) is 0 Å². The number of hydrogen-bond acceptors (Lipinski definition) is 4. The predicted octanol–water partition coefficient (Wildman–Crippen LogP) is 2.12. The van der Waals surface area contributed by atoms with Gasteiger partial charge in [-0.2, -0.15) is 0 Å². The maximum atomic E-state index is 5.67. The zero-order valence-electron chi connectivity index (χ0n) is 8.63. The zero-order valence-corrected chi connectivity index (χ0v) is 8.63. The second-order valence-corrected chi connectivity index (χ2v) is 3.63. The monoisotopic (exact) mass is 217 g/mol. The summed E-state index contributed by atoms with van der Waals surface area (Å²) in [4.78, 5) is 3.90. The van der Waals surface area contributed by atoms with E-state index in [9.17, 15) is 0 Å². The van der Waals surface area contributed by atoms with Gasteiger partial charge >= 0.3 is 0 Å². The summed E-state index contributed by atoms with van der Waals surface area (Å²) in [7, 11) is 0. The summed E-state index contributed by atoms with van der Waals surface area (Å²) in [6.45, 7) is 1.38. The van der Waals surface area contributed by atoms with Gasteiger partial charge in [-0.1, -0.05) is 12.1 Å². The van der Waals surface area contributed by atoms with Gasteiger partial charge in [0.2, 0.25) is 0 Å². The van der Waals surface area contributed by atoms with Crippen molar-refractivity contribution in [1.82, 2.24) is 4.98 Å². The quantitative estimate of drug-likeness (QED) is 0.736. The minimum absolute atomic E-state index is 0.253. The average molecular weight is 217 g/mol. The van der Waals surface area contributed by atoms with Gasteiger partial charge in [0.25, 0.3) is 0 Å². The second-order valence-electron chi connectivity index (χ2n) is 3.63. The molecule has 0 unspecified atom stereocenters. The Balaban J connectivity index is 1.85. The van der Waals surface area contributed by atoms with Gasteiger partial charge < -0.3 is 13.9 Å². The van der Waals surface area contributed by atoms with Gasteiger partial charge in [0.15, 0.2) is 12.2 Å². The van der Waals surface area contributed by atoms with Crippen molar-refractivity contribution in [3.05, 3.63) is 36.9 Å². The van der Waals surface area contributed by atoms with E-state index in [0.717, 1.165) is 17.9 Å². The molecule has 16 heavy (non-hydrogen) atoms. The third-order valence-corrected chi connectivity index (χ3v) is 2.41. The van der Waals surface area contributed by atoms with Crippen LogP contribution in [-0.4, -0.2) is 24.3 Å². The fourth-order valence-electron chi connectivity index (χ4n) is 1.49. The molecule has 1 aliphatic rings. The standard InChI is InChI=1S/C12H11NO3/c1-2-4-11(15-7-9-6-14-9)10(3-1)12-5-13-8-16-12/h1-5,8-9H,6-7H2/t9-/m0/s1. The first-order valence-electron chi connectivity index (χ1n) is 5.16. The number of nitrogens with zero attached hydrogens (tertiary/aromatic N) is 1. The van der Waals surface area contributed by atoms with Crippen LogP contribution in [0.1, 0.15) is 0 Å². The first-order chi connectivity index (χ1) is 7.93. The first kappa shape index (κ1) is 9.42. The molecular formula is C12H11NO3. The molecule has 1 fully saturated rings. The molecule has 0 radical (unpaired) electrons. The third kappa shape index (κ3) is 1.92. The molecule has 4 heteroatoms.